The first-order chi connectivity index (χ1) is 20.2. The highest BCUT2D eigenvalue weighted by Gasteiger charge is 2.57. The van der Waals surface area contributed by atoms with Crippen LogP contribution in [0, 0.1) is 13.8 Å². The highest BCUT2D eigenvalue weighted by atomic mass is 32.2. The number of thioether (sulfide) groups is 1. The molecule has 1 aliphatic heterocycles. The maximum atomic E-state index is 14.0. The average molecular weight is 588 g/mol. The first-order valence-electron chi connectivity index (χ1n) is 14.3. The van der Waals surface area contributed by atoms with Crippen LogP contribution in [0.3, 0.4) is 0 Å². The van der Waals surface area contributed by atoms with E-state index in [1.807, 2.05) is 61.5 Å². The Balaban J connectivity index is 1.37. The molecule has 3 aromatic carbocycles. The molecular weight excluding hydrogens is 550 g/mol. The molecule has 0 radical (unpaired) electrons. The van der Waals surface area contributed by atoms with Gasteiger partial charge in [0.05, 0.1) is 11.9 Å². The van der Waals surface area contributed by atoms with Gasteiger partial charge in [0, 0.05) is 22.4 Å². The molecule has 1 aliphatic carbocycles. The second kappa shape index (κ2) is 12.6. The number of aliphatic hydroxyl groups excluding tert-OH is 1. The molecule has 1 saturated carbocycles. The molecule has 3 atom stereocenters. The molecule has 4 N–H and O–H groups in total. The number of hydrogen-bond donors (Lipinski definition) is 4. The molecule has 1 heterocycles. The fraction of sp³-hybridized carbons (Fsp3) is 0.364. The van der Waals surface area contributed by atoms with Crippen molar-refractivity contribution in [2.45, 2.75) is 69.0 Å². The Morgan fingerprint density at radius 1 is 1.00 bits per heavy atom. The van der Waals surface area contributed by atoms with Crippen LogP contribution in [0.15, 0.2) is 72.8 Å². The van der Waals surface area contributed by atoms with Crippen molar-refractivity contribution in [1.82, 2.24) is 15.5 Å². The molecule has 3 aromatic rings. The first kappa shape index (κ1) is 29.7. The summed E-state index contributed by atoms with van der Waals surface area (Å²) in [6.45, 7) is 3.98. The van der Waals surface area contributed by atoms with E-state index in [0.717, 1.165) is 36.0 Å². The lowest BCUT2D eigenvalue weighted by Crippen LogP contribution is -2.61. The van der Waals surface area contributed by atoms with Crippen LogP contribution in [0.1, 0.15) is 51.9 Å². The van der Waals surface area contributed by atoms with Crippen molar-refractivity contribution in [3.8, 4) is 5.75 Å². The van der Waals surface area contributed by atoms with Crippen LogP contribution in [0.25, 0.3) is 0 Å². The second-order valence-electron chi connectivity index (χ2n) is 11.2. The number of carbonyl (C=O) groups is 3. The zero-order chi connectivity index (χ0) is 29.9. The predicted octanol–water partition coefficient (Wildman–Crippen LogP) is 3.85. The van der Waals surface area contributed by atoms with Crippen LogP contribution in [0.2, 0.25) is 0 Å². The number of nitrogens with one attached hydrogen (secondary N) is 2. The number of rotatable bonds is 9. The number of aliphatic hydroxyl groups is 1. The Morgan fingerprint density at radius 3 is 2.40 bits per heavy atom. The molecule has 220 valence electrons. The van der Waals surface area contributed by atoms with Gasteiger partial charge in [-0.05, 0) is 61.9 Å². The van der Waals surface area contributed by atoms with Gasteiger partial charge in [-0.3, -0.25) is 14.4 Å². The molecule has 1 spiro atoms. The molecule has 8 nitrogen and oxygen atoms in total. The van der Waals surface area contributed by atoms with Crippen molar-refractivity contribution in [3.63, 3.8) is 0 Å². The molecule has 0 aromatic heterocycles. The number of aromatic hydroxyl groups is 1. The van der Waals surface area contributed by atoms with Crippen LogP contribution >= 0.6 is 11.8 Å². The van der Waals surface area contributed by atoms with Gasteiger partial charge in [0.25, 0.3) is 11.8 Å². The van der Waals surface area contributed by atoms with Gasteiger partial charge in [-0.2, -0.15) is 0 Å². The minimum absolute atomic E-state index is 0.0154. The minimum atomic E-state index is -1.59. The lowest BCUT2D eigenvalue weighted by molar-refractivity contribution is -0.148. The van der Waals surface area contributed by atoms with E-state index in [1.54, 1.807) is 30.8 Å². The topological polar surface area (TPSA) is 119 Å². The summed E-state index contributed by atoms with van der Waals surface area (Å²) in [4.78, 5) is 42.5. The van der Waals surface area contributed by atoms with Crippen molar-refractivity contribution in [3.05, 3.63) is 101 Å². The molecular formula is C33H37N3O5S. The lowest BCUT2D eigenvalue weighted by Gasteiger charge is -2.43. The highest BCUT2D eigenvalue weighted by Crippen LogP contribution is 2.53. The standard InChI is InChI=1S/C33H37N3O5S/c1-21-10-6-7-13-24(21)19-34-31(40)29-33(16-9-17-33)42-20-36(29)32(41)28(38)26(18-23-11-4-3-5-12-23)35-30(39)25-14-8-15-27(37)22(25)2/h3-8,10-15,26,28-29,37-38H,9,16-20H2,1-2H3,(H,34,40)(H,35,39). The van der Waals surface area contributed by atoms with E-state index in [0.29, 0.717) is 12.1 Å². The fourth-order valence-electron chi connectivity index (χ4n) is 5.80. The third-order valence-electron chi connectivity index (χ3n) is 8.55. The first-order valence-corrected chi connectivity index (χ1v) is 15.3. The normalized spacial score (nSPS) is 18.6. The largest absolute Gasteiger partial charge is 0.508 e. The van der Waals surface area contributed by atoms with E-state index in [4.69, 9.17) is 0 Å². The van der Waals surface area contributed by atoms with Crippen molar-refractivity contribution < 1.29 is 24.6 Å². The number of hydrogen-bond acceptors (Lipinski definition) is 6. The third-order valence-corrected chi connectivity index (χ3v) is 10.2. The third kappa shape index (κ3) is 6.03. The zero-order valence-electron chi connectivity index (χ0n) is 23.9. The van der Waals surface area contributed by atoms with Gasteiger partial charge in [-0.15, -0.1) is 11.8 Å². The van der Waals surface area contributed by atoms with Crippen LogP contribution in [-0.2, 0) is 22.6 Å². The van der Waals surface area contributed by atoms with Crippen molar-refractivity contribution in [2.75, 3.05) is 5.88 Å². The van der Waals surface area contributed by atoms with Crippen molar-refractivity contribution in [2.24, 2.45) is 0 Å². The van der Waals surface area contributed by atoms with Gasteiger partial charge in [0.1, 0.15) is 11.8 Å². The summed E-state index contributed by atoms with van der Waals surface area (Å²) in [5, 5.41) is 27.5. The van der Waals surface area contributed by atoms with Gasteiger partial charge < -0.3 is 25.7 Å². The summed E-state index contributed by atoms with van der Waals surface area (Å²) in [6, 6.07) is 20.1. The smallest absolute Gasteiger partial charge is 0.254 e. The van der Waals surface area contributed by atoms with Crippen molar-refractivity contribution >= 4 is 29.5 Å². The summed E-state index contributed by atoms with van der Waals surface area (Å²) in [5.74, 6) is -1.05. The Morgan fingerprint density at radius 2 is 1.71 bits per heavy atom. The van der Waals surface area contributed by atoms with Crippen molar-refractivity contribution in [1.29, 1.82) is 0 Å². The number of aryl methyl sites for hydroxylation is 1. The van der Waals surface area contributed by atoms with E-state index in [-0.39, 0.29) is 34.3 Å². The Kier molecular flexibility index (Phi) is 8.89. The number of nitrogens with zero attached hydrogens (tertiary/aromatic N) is 1. The van der Waals surface area contributed by atoms with Gasteiger partial charge >= 0.3 is 0 Å². The molecule has 2 fully saturated rings. The summed E-state index contributed by atoms with van der Waals surface area (Å²) < 4.78 is -0.373. The second-order valence-corrected chi connectivity index (χ2v) is 12.6. The molecule has 0 bridgehead atoms. The van der Waals surface area contributed by atoms with Crippen LogP contribution in [-0.4, -0.2) is 61.6 Å². The quantitative estimate of drug-likeness (QED) is 0.302. The Labute approximate surface area is 250 Å². The van der Waals surface area contributed by atoms with E-state index in [2.05, 4.69) is 10.6 Å². The highest BCUT2D eigenvalue weighted by molar-refractivity contribution is 8.01. The zero-order valence-corrected chi connectivity index (χ0v) is 24.7. The van der Waals surface area contributed by atoms with Gasteiger partial charge in [-0.1, -0.05) is 67.1 Å². The number of phenolic OH excluding ortho intramolecular Hbond substituents is 1. The van der Waals surface area contributed by atoms with Crippen LogP contribution in [0.5, 0.6) is 5.75 Å². The number of benzene rings is 3. The van der Waals surface area contributed by atoms with E-state index in [9.17, 15) is 24.6 Å². The summed E-state index contributed by atoms with van der Waals surface area (Å²) in [6.07, 6.45) is 1.24. The minimum Gasteiger partial charge on any atom is -0.508 e. The predicted molar refractivity (Wildman–Crippen MR) is 163 cm³/mol. The molecule has 3 amide bonds. The number of carbonyl (C=O) groups excluding carboxylic acids is 3. The monoisotopic (exact) mass is 587 g/mol. The molecule has 3 unspecified atom stereocenters. The van der Waals surface area contributed by atoms with Gasteiger partial charge in [0.15, 0.2) is 6.10 Å². The number of phenols is 1. The molecule has 2 aliphatic rings. The van der Waals surface area contributed by atoms with Gasteiger partial charge in [-0.25, -0.2) is 0 Å². The summed E-state index contributed by atoms with van der Waals surface area (Å²) in [7, 11) is 0. The molecule has 5 rings (SSSR count). The Bertz CT molecular complexity index is 1460. The number of amides is 3. The SMILES string of the molecule is Cc1ccccc1CNC(=O)C1N(C(=O)C(O)C(Cc2ccccc2)NC(=O)c2cccc(O)c2C)CSC12CCC2. The molecule has 42 heavy (non-hydrogen) atoms. The van der Waals surface area contributed by atoms with Gasteiger partial charge in [0.2, 0.25) is 5.91 Å². The maximum absolute atomic E-state index is 14.0. The summed E-state index contributed by atoms with van der Waals surface area (Å²) in [5.41, 5.74) is 3.57. The van der Waals surface area contributed by atoms with E-state index < -0.39 is 30.0 Å². The fourth-order valence-corrected chi connectivity index (χ4v) is 7.45. The lowest BCUT2D eigenvalue weighted by atomic mass is 9.77. The van der Waals surface area contributed by atoms with E-state index in [1.165, 1.54) is 11.0 Å². The summed E-state index contributed by atoms with van der Waals surface area (Å²) >= 11 is 1.59. The maximum Gasteiger partial charge on any atom is 0.254 e. The van der Waals surface area contributed by atoms with E-state index >= 15 is 0 Å². The Hall–Kier alpha value is -3.82. The van der Waals surface area contributed by atoms with Crippen LogP contribution in [0.4, 0.5) is 0 Å². The van der Waals surface area contributed by atoms with Crippen LogP contribution < -0.4 is 10.6 Å². The molecule has 1 saturated heterocycles. The molecule has 9 heteroatoms. The average Bonchev–Trinajstić information content (AvgIpc) is 3.39.